The van der Waals surface area contributed by atoms with Crippen LogP contribution in [0.5, 0.6) is 0 Å². The van der Waals surface area contributed by atoms with Gasteiger partial charge in [-0.15, -0.1) is 0 Å². The van der Waals surface area contributed by atoms with Gasteiger partial charge in [0.2, 0.25) is 0 Å². The monoisotopic (exact) mass is 313 g/mol. The summed E-state index contributed by atoms with van der Waals surface area (Å²) >= 11 is 0. The third kappa shape index (κ3) is 2.53. The number of benzene rings is 1. The summed E-state index contributed by atoms with van der Waals surface area (Å²) in [7, 11) is 0. The second-order valence-electron chi connectivity index (χ2n) is 6.35. The molecule has 0 amide bonds. The summed E-state index contributed by atoms with van der Waals surface area (Å²) < 4.78 is 7.00. The molecule has 1 aliphatic heterocycles. The predicted octanol–water partition coefficient (Wildman–Crippen LogP) is 1.95. The van der Waals surface area contributed by atoms with Gasteiger partial charge in [0.15, 0.2) is 5.82 Å². The molecule has 0 radical (unpaired) electrons. The molecular formula is C17H19N3O3. The first kappa shape index (κ1) is 14.4. The predicted molar refractivity (Wildman–Crippen MR) is 82.3 cm³/mol. The molecule has 2 fully saturated rings. The third-order valence-electron chi connectivity index (χ3n) is 4.77. The minimum atomic E-state index is -0.894. The Hall–Kier alpha value is -2.21. The van der Waals surface area contributed by atoms with E-state index in [2.05, 4.69) is 17.2 Å². The van der Waals surface area contributed by atoms with Crippen molar-refractivity contribution in [2.45, 2.75) is 37.1 Å². The normalized spacial score (nSPS) is 22.2. The maximum atomic E-state index is 11.2. The fraction of sp³-hybridized carbons (Fsp3) is 0.471. The van der Waals surface area contributed by atoms with Crippen LogP contribution in [0.2, 0.25) is 0 Å². The molecule has 0 unspecified atom stereocenters. The molecule has 6 heteroatoms. The highest BCUT2D eigenvalue weighted by Crippen LogP contribution is 2.52. The molecule has 120 valence electrons. The number of carbonyl (C=O) groups is 1. The van der Waals surface area contributed by atoms with E-state index in [0.717, 1.165) is 37.5 Å². The van der Waals surface area contributed by atoms with Gasteiger partial charge < -0.3 is 9.84 Å². The summed E-state index contributed by atoms with van der Waals surface area (Å²) in [5.41, 5.74) is 1.01. The molecule has 0 spiro atoms. The summed E-state index contributed by atoms with van der Waals surface area (Å²) in [6.07, 6.45) is 2.86. The SMILES string of the molecule is O=C(O)Cn1nc([C@@H]2CCOC2)nc1C1(c2ccccc2)CC1. The number of aromatic nitrogens is 3. The maximum Gasteiger partial charge on any atom is 0.325 e. The van der Waals surface area contributed by atoms with Gasteiger partial charge in [-0.3, -0.25) is 4.79 Å². The Morgan fingerprint density at radius 3 is 2.74 bits per heavy atom. The van der Waals surface area contributed by atoms with Gasteiger partial charge in [-0.2, -0.15) is 5.10 Å². The lowest BCUT2D eigenvalue weighted by atomic mass is 9.95. The molecule has 1 aromatic carbocycles. The highest BCUT2D eigenvalue weighted by Gasteiger charge is 2.50. The van der Waals surface area contributed by atoms with Crippen molar-refractivity contribution in [1.29, 1.82) is 0 Å². The molecule has 2 aliphatic rings. The maximum absolute atomic E-state index is 11.2. The van der Waals surface area contributed by atoms with E-state index in [1.54, 1.807) is 4.68 Å². The topological polar surface area (TPSA) is 77.2 Å². The van der Waals surface area contributed by atoms with E-state index in [4.69, 9.17) is 9.72 Å². The van der Waals surface area contributed by atoms with Crippen LogP contribution < -0.4 is 0 Å². The Morgan fingerprint density at radius 1 is 1.35 bits per heavy atom. The van der Waals surface area contributed by atoms with Crippen LogP contribution in [0, 0.1) is 0 Å². The van der Waals surface area contributed by atoms with Crippen LogP contribution in [0.25, 0.3) is 0 Å². The molecule has 1 aliphatic carbocycles. The zero-order valence-corrected chi connectivity index (χ0v) is 12.8. The van der Waals surface area contributed by atoms with Gasteiger partial charge in [0.05, 0.1) is 12.0 Å². The molecule has 1 atom stereocenters. The number of carboxylic acid groups (broad SMARTS) is 1. The lowest BCUT2D eigenvalue weighted by Crippen LogP contribution is -2.20. The summed E-state index contributed by atoms with van der Waals surface area (Å²) in [6, 6.07) is 10.2. The van der Waals surface area contributed by atoms with Crippen molar-refractivity contribution >= 4 is 5.97 Å². The Morgan fingerprint density at radius 2 is 2.13 bits per heavy atom. The van der Waals surface area contributed by atoms with E-state index in [9.17, 15) is 9.90 Å². The number of rotatable bonds is 5. The van der Waals surface area contributed by atoms with Gasteiger partial charge in [-0.1, -0.05) is 30.3 Å². The molecule has 6 nitrogen and oxygen atoms in total. The second kappa shape index (κ2) is 5.45. The molecule has 1 N–H and O–H groups in total. The van der Waals surface area contributed by atoms with Crippen LogP contribution in [0.4, 0.5) is 0 Å². The first-order valence-corrected chi connectivity index (χ1v) is 7.99. The lowest BCUT2D eigenvalue weighted by molar-refractivity contribution is -0.137. The van der Waals surface area contributed by atoms with E-state index >= 15 is 0 Å². The standard InChI is InChI=1S/C17H19N3O3/c21-14(22)10-20-16(18-15(19-20)12-6-9-23-11-12)17(7-8-17)13-4-2-1-3-5-13/h1-5,12H,6-11H2,(H,21,22)/t12-/m1/s1. The van der Waals surface area contributed by atoms with Gasteiger partial charge in [0, 0.05) is 12.5 Å². The average molecular weight is 313 g/mol. The summed E-state index contributed by atoms with van der Waals surface area (Å²) in [6.45, 7) is 1.19. The van der Waals surface area contributed by atoms with Gasteiger partial charge in [0.25, 0.3) is 0 Å². The van der Waals surface area contributed by atoms with Gasteiger partial charge >= 0.3 is 5.97 Å². The fourth-order valence-electron chi connectivity index (χ4n) is 3.39. The first-order chi connectivity index (χ1) is 11.2. The van der Waals surface area contributed by atoms with Crippen LogP contribution >= 0.6 is 0 Å². The minimum Gasteiger partial charge on any atom is -0.480 e. The largest absolute Gasteiger partial charge is 0.480 e. The van der Waals surface area contributed by atoms with E-state index in [1.165, 1.54) is 5.56 Å². The molecule has 2 aromatic rings. The first-order valence-electron chi connectivity index (χ1n) is 7.99. The summed E-state index contributed by atoms with van der Waals surface area (Å²) in [5, 5.41) is 13.7. The quantitative estimate of drug-likeness (QED) is 0.913. The van der Waals surface area contributed by atoms with Crippen LogP contribution in [-0.2, 0) is 21.5 Å². The molecule has 1 saturated carbocycles. The van der Waals surface area contributed by atoms with Crippen molar-refractivity contribution in [2.75, 3.05) is 13.2 Å². The Labute approximate surface area is 134 Å². The average Bonchev–Trinajstić information content (AvgIpc) is 2.97. The molecular weight excluding hydrogens is 294 g/mol. The highest BCUT2D eigenvalue weighted by molar-refractivity contribution is 5.66. The number of aliphatic carboxylic acids is 1. The number of carboxylic acids is 1. The highest BCUT2D eigenvalue weighted by atomic mass is 16.5. The Kier molecular flexibility index (Phi) is 3.41. The zero-order valence-electron chi connectivity index (χ0n) is 12.8. The molecule has 1 saturated heterocycles. The van der Waals surface area contributed by atoms with Crippen molar-refractivity contribution in [1.82, 2.24) is 14.8 Å². The molecule has 2 heterocycles. The van der Waals surface area contributed by atoms with Crippen molar-refractivity contribution in [3.63, 3.8) is 0 Å². The number of nitrogens with zero attached hydrogens (tertiary/aromatic N) is 3. The second-order valence-corrected chi connectivity index (χ2v) is 6.35. The Bertz CT molecular complexity index is 716. The lowest BCUT2D eigenvalue weighted by Gasteiger charge is -2.15. The molecule has 1 aromatic heterocycles. The number of hydrogen-bond donors (Lipinski definition) is 1. The van der Waals surface area contributed by atoms with E-state index in [0.29, 0.717) is 6.61 Å². The molecule has 23 heavy (non-hydrogen) atoms. The van der Waals surface area contributed by atoms with E-state index in [1.807, 2.05) is 18.2 Å². The van der Waals surface area contributed by atoms with E-state index < -0.39 is 5.97 Å². The summed E-state index contributed by atoms with van der Waals surface area (Å²) in [5.74, 6) is 0.790. The van der Waals surface area contributed by atoms with Gasteiger partial charge in [0.1, 0.15) is 12.4 Å². The molecule has 0 bridgehead atoms. The van der Waals surface area contributed by atoms with Crippen molar-refractivity contribution in [3.05, 3.63) is 47.5 Å². The van der Waals surface area contributed by atoms with Crippen molar-refractivity contribution in [2.24, 2.45) is 0 Å². The van der Waals surface area contributed by atoms with Crippen LogP contribution in [0.3, 0.4) is 0 Å². The van der Waals surface area contributed by atoms with Crippen LogP contribution in [-0.4, -0.2) is 39.1 Å². The van der Waals surface area contributed by atoms with Crippen molar-refractivity contribution in [3.8, 4) is 0 Å². The smallest absolute Gasteiger partial charge is 0.325 e. The number of ether oxygens (including phenoxy) is 1. The Balaban J connectivity index is 1.75. The van der Waals surface area contributed by atoms with Crippen molar-refractivity contribution < 1.29 is 14.6 Å². The third-order valence-corrected chi connectivity index (χ3v) is 4.77. The minimum absolute atomic E-state index is 0.148. The van der Waals surface area contributed by atoms with Gasteiger partial charge in [-0.05, 0) is 24.8 Å². The number of hydrogen-bond acceptors (Lipinski definition) is 4. The van der Waals surface area contributed by atoms with E-state index in [-0.39, 0.29) is 17.9 Å². The fourth-order valence-corrected chi connectivity index (χ4v) is 3.39. The van der Waals surface area contributed by atoms with Gasteiger partial charge in [-0.25, -0.2) is 9.67 Å². The zero-order chi connectivity index (χ0) is 15.9. The van der Waals surface area contributed by atoms with Crippen LogP contribution in [0.1, 0.15) is 42.4 Å². The molecule has 4 rings (SSSR count). The van der Waals surface area contributed by atoms with Crippen LogP contribution in [0.15, 0.2) is 30.3 Å². The summed E-state index contributed by atoms with van der Waals surface area (Å²) in [4.78, 5) is 16.0.